The summed E-state index contributed by atoms with van der Waals surface area (Å²) in [6.45, 7) is 12.7. The Morgan fingerprint density at radius 3 is 1.97 bits per heavy atom. The van der Waals surface area contributed by atoms with Gasteiger partial charge in [0.25, 0.3) is 0 Å². The van der Waals surface area contributed by atoms with Crippen molar-refractivity contribution >= 4 is 17.3 Å². The Balaban J connectivity index is 2.51. The van der Waals surface area contributed by atoms with Gasteiger partial charge in [0.05, 0.1) is 5.60 Å². The van der Waals surface area contributed by atoms with E-state index >= 15 is 0 Å². The van der Waals surface area contributed by atoms with Gasteiger partial charge in [-0.2, -0.15) is 0 Å². The van der Waals surface area contributed by atoms with Crippen molar-refractivity contribution in [3.8, 4) is 0 Å². The highest BCUT2D eigenvalue weighted by molar-refractivity contribution is 6.24. The van der Waals surface area contributed by atoms with Gasteiger partial charge < -0.3 is 9.90 Å². The Bertz CT molecular complexity index is 831. The summed E-state index contributed by atoms with van der Waals surface area (Å²) in [5.41, 5.74) is 3.77. The molecule has 1 aliphatic rings. The highest BCUT2D eigenvalue weighted by Crippen LogP contribution is 2.30. The summed E-state index contributed by atoms with van der Waals surface area (Å²) in [5.74, 6) is 0.104. The van der Waals surface area contributed by atoms with Crippen LogP contribution in [0.15, 0.2) is 45.6 Å². The fourth-order valence-electron chi connectivity index (χ4n) is 3.73. The minimum atomic E-state index is -0.888. The van der Waals surface area contributed by atoms with E-state index in [0.29, 0.717) is 48.0 Å². The smallest absolute Gasteiger partial charge is 0.185 e. The van der Waals surface area contributed by atoms with E-state index in [0.717, 1.165) is 25.7 Å². The number of allylic oxidation sites excluding steroid dienone is 8. The summed E-state index contributed by atoms with van der Waals surface area (Å²) in [7, 11) is 0. The zero-order chi connectivity index (χ0) is 23.8. The van der Waals surface area contributed by atoms with Crippen molar-refractivity contribution in [2.75, 3.05) is 0 Å². The standard InChI is InChI=1S/C27H40O4/c1-18(10-8-11-19(2)13-14-20(3)28)12-9-16-27(7,31)17-15-24-23(6)25(29)21(4)22(5)26(24)30/h11-12,31H,8-10,13-17H2,1-7H3/b18-12+,19-11+/t27-/m1/s1. The number of carbonyl (C=O) groups excluding carboxylic acids is 3. The molecule has 4 heteroatoms. The number of Topliss-reactive ketones (excluding diaryl/α,β-unsaturated/α-hetero) is 3. The van der Waals surface area contributed by atoms with Gasteiger partial charge in [-0.25, -0.2) is 0 Å². The quantitative estimate of drug-likeness (QED) is 0.299. The Hall–Kier alpha value is -2.07. The van der Waals surface area contributed by atoms with Crippen LogP contribution in [0.2, 0.25) is 0 Å². The molecule has 0 aliphatic heterocycles. The number of rotatable bonds is 12. The minimum Gasteiger partial charge on any atom is -0.390 e. The van der Waals surface area contributed by atoms with Crippen molar-refractivity contribution < 1.29 is 19.5 Å². The van der Waals surface area contributed by atoms with E-state index < -0.39 is 5.60 Å². The predicted octanol–water partition coefficient (Wildman–Crippen LogP) is 6.14. The van der Waals surface area contributed by atoms with Crippen molar-refractivity contribution in [2.24, 2.45) is 0 Å². The van der Waals surface area contributed by atoms with Crippen LogP contribution < -0.4 is 0 Å². The van der Waals surface area contributed by atoms with E-state index in [1.807, 2.05) is 0 Å². The Morgan fingerprint density at radius 1 is 0.806 bits per heavy atom. The molecule has 0 saturated heterocycles. The number of carbonyl (C=O) groups is 3. The van der Waals surface area contributed by atoms with Crippen LogP contribution in [-0.2, 0) is 14.4 Å². The molecule has 0 aromatic rings. The Morgan fingerprint density at radius 2 is 1.35 bits per heavy atom. The number of hydrogen-bond donors (Lipinski definition) is 1. The van der Waals surface area contributed by atoms with Gasteiger partial charge in [-0.3, -0.25) is 9.59 Å². The molecule has 31 heavy (non-hydrogen) atoms. The lowest BCUT2D eigenvalue weighted by atomic mass is 9.82. The van der Waals surface area contributed by atoms with E-state index in [-0.39, 0.29) is 17.3 Å². The van der Waals surface area contributed by atoms with Crippen molar-refractivity contribution in [1.29, 1.82) is 0 Å². The van der Waals surface area contributed by atoms with Gasteiger partial charge in [-0.1, -0.05) is 23.3 Å². The largest absolute Gasteiger partial charge is 0.390 e. The molecule has 0 aromatic carbocycles. The Kier molecular flexibility index (Phi) is 10.5. The lowest BCUT2D eigenvalue weighted by molar-refractivity contribution is -0.117. The maximum Gasteiger partial charge on any atom is 0.185 e. The third-order valence-electron chi connectivity index (χ3n) is 6.30. The third kappa shape index (κ3) is 8.90. The van der Waals surface area contributed by atoms with Gasteiger partial charge in [0.15, 0.2) is 11.6 Å². The zero-order valence-corrected chi connectivity index (χ0v) is 20.5. The lowest BCUT2D eigenvalue weighted by Gasteiger charge is -2.25. The average Bonchev–Trinajstić information content (AvgIpc) is 2.69. The number of hydrogen-bond acceptors (Lipinski definition) is 4. The normalized spacial score (nSPS) is 18.1. The van der Waals surface area contributed by atoms with Crippen molar-refractivity contribution in [3.05, 3.63) is 45.6 Å². The lowest BCUT2D eigenvalue weighted by Crippen LogP contribution is -2.26. The molecule has 0 spiro atoms. The first-order valence-electron chi connectivity index (χ1n) is 11.4. The van der Waals surface area contributed by atoms with Gasteiger partial charge in [0.1, 0.15) is 5.78 Å². The summed E-state index contributed by atoms with van der Waals surface area (Å²) < 4.78 is 0. The average molecular weight is 429 g/mol. The fraction of sp³-hybridized carbons (Fsp3) is 0.593. The molecule has 1 atom stereocenters. The van der Waals surface area contributed by atoms with Crippen LogP contribution in [0, 0.1) is 0 Å². The second-order valence-electron chi connectivity index (χ2n) is 9.39. The molecule has 0 bridgehead atoms. The fourth-order valence-corrected chi connectivity index (χ4v) is 3.73. The second-order valence-corrected chi connectivity index (χ2v) is 9.39. The van der Waals surface area contributed by atoms with E-state index in [2.05, 4.69) is 26.0 Å². The first-order chi connectivity index (χ1) is 14.4. The summed E-state index contributed by atoms with van der Waals surface area (Å²) in [6, 6.07) is 0. The zero-order valence-electron chi connectivity index (χ0n) is 20.5. The highest BCUT2D eigenvalue weighted by Gasteiger charge is 2.29. The van der Waals surface area contributed by atoms with Crippen molar-refractivity contribution in [1.82, 2.24) is 0 Å². The van der Waals surface area contributed by atoms with Crippen molar-refractivity contribution in [3.63, 3.8) is 0 Å². The van der Waals surface area contributed by atoms with Crippen LogP contribution in [0.1, 0.15) is 99.8 Å². The molecule has 172 valence electrons. The molecule has 1 N–H and O–H groups in total. The highest BCUT2D eigenvalue weighted by atomic mass is 16.3. The maximum absolute atomic E-state index is 12.6. The van der Waals surface area contributed by atoms with Gasteiger partial charge in [0.2, 0.25) is 0 Å². The first kappa shape index (κ1) is 27.0. The number of aliphatic hydroxyl groups is 1. The maximum atomic E-state index is 12.6. The minimum absolute atomic E-state index is 0.0594. The van der Waals surface area contributed by atoms with E-state index in [9.17, 15) is 19.5 Å². The van der Waals surface area contributed by atoms with E-state index in [4.69, 9.17) is 0 Å². The molecule has 0 heterocycles. The molecule has 0 saturated carbocycles. The third-order valence-corrected chi connectivity index (χ3v) is 6.30. The summed E-state index contributed by atoms with van der Waals surface area (Å²) >= 11 is 0. The first-order valence-corrected chi connectivity index (χ1v) is 11.4. The molecule has 0 unspecified atom stereocenters. The predicted molar refractivity (Wildman–Crippen MR) is 127 cm³/mol. The van der Waals surface area contributed by atoms with Crippen LogP contribution in [0.5, 0.6) is 0 Å². The van der Waals surface area contributed by atoms with Gasteiger partial charge in [0, 0.05) is 28.7 Å². The molecule has 1 aliphatic carbocycles. The SMILES string of the molecule is CC(=O)CC/C(C)=C/CC/C(C)=C/CC[C@@](C)(O)CCC1=C(C)C(=O)C(C)=C(C)C1=O. The van der Waals surface area contributed by atoms with Crippen LogP contribution in [0.25, 0.3) is 0 Å². The summed E-state index contributed by atoms with van der Waals surface area (Å²) in [6.07, 6.45) is 9.99. The molecule has 1 rings (SSSR count). The molecule has 0 aromatic heterocycles. The Labute approximate surface area is 188 Å². The van der Waals surface area contributed by atoms with Crippen LogP contribution in [0.4, 0.5) is 0 Å². The molecular formula is C27H40O4. The molecule has 0 radical (unpaired) electrons. The van der Waals surface area contributed by atoms with Gasteiger partial charge >= 0.3 is 0 Å². The summed E-state index contributed by atoms with van der Waals surface area (Å²) in [5, 5.41) is 10.8. The van der Waals surface area contributed by atoms with Gasteiger partial charge in [-0.05, 0) is 93.4 Å². The molecule has 4 nitrogen and oxygen atoms in total. The molecule has 0 fully saturated rings. The summed E-state index contributed by atoms with van der Waals surface area (Å²) in [4.78, 5) is 35.9. The monoisotopic (exact) mass is 428 g/mol. The second kappa shape index (κ2) is 12.1. The van der Waals surface area contributed by atoms with Gasteiger partial charge in [-0.15, -0.1) is 0 Å². The van der Waals surface area contributed by atoms with E-state index in [1.165, 1.54) is 11.1 Å². The molecular weight excluding hydrogens is 388 g/mol. The van der Waals surface area contributed by atoms with E-state index in [1.54, 1.807) is 34.6 Å². The van der Waals surface area contributed by atoms with Crippen LogP contribution in [0.3, 0.4) is 0 Å². The topological polar surface area (TPSA) is 71.4 Å². The number of ketones is 3. The molecule has 0 amide bonds. The van der Waals surface area contributed by atoms with Crippen LogP contribution in [-0.4, -0.2) is 28.1 Å². The van der Waals surface area contributed by atoms with Crippen LogP contribution >= 0.6 is 0 Å². The van der Waals surface area contributed by atoms with Crippen molar-refractivity contribution in [2.45, 2.75) is 105 Å².